The molecule has 3 nitrogen and oxygen atoms in total. The molecule has 0 radical (unpaired) electrons. The van der Waals surface area contributed by atoms with E-state index >= 15 is 0 Å². The highest BCUT2D eigenvalue weighted by Gasteiger charge is 2.08. The van der Waals surface area contributed by atoms with E-state index in [1.54, 1.807) is 0 Å². The Morgan fingerprint density at radius 1 is 1.05 bits per heavy atom. The highest BCUT2D eigenvalue weighted by Crippen LogP contribution is 2.23. The van der Waals surface area contributed by atoms with Crippen LogP contribution in [0.4, 0.5) is 11.5 Å². The molecule has 0 spiro atoms. The number of nitrogens with one attached hydrogen (secondary N) is 1. The van der Waals surface area contributed by atoms with Crippen LogP contribution in [0, 0.1) is 6.92 Å². The predicted octanol–water partition coefficient (Wildman–Crippen LogP) is 4.05. The molecule has 1 aromatic heterocycles. The molecule has 1 aromatic carbocycles. The second-order valence-electron chi connectivity index (χ2n) is 5.28. The minimum Gasteiger partial charge on any atom is -0.327 e. The average Bonchev–Trinajstić information content (AvgIpc) is 2.52. The van der Waals surface area contributed by atoms with E-state index in [1.807, 2.05) is 6.20 Å². The summed E-state index contributed by atoms with van der Waals surface area (Å²) in [4.78, 5) is 6.84. The summed E-state index contributed by atoms with van der Waals surface area (Å²) in [7, 11) is 0. The third kappa shape index (κ3) is 4.30. The molecule has 1 N–H and O–H groups in total. The number of aryl methyl sites for hydroxylation is 1. The Labute approximate surface area is 128 Å². The first-order valence-electron chi connectivity index (χ1n) is 7.74. The molecule has 0 saturated carbocycles. The molecule has 21 heavy (non-hydrogen) atoms. The lowest BCUT2D eigenvalue weighted by Crippen LogP contribution is -2.18. The molecule has 0 aliphatic carbocycles. The molecule has 0 saturated heterocycles. The van der Waals surface area contributed by atoms with Gasteiger partial charge in [0.25, 0.3) is 0 Å². The van der Waals surface area contributed by atoms with Gasteiger partial charge in [-0.15, -0.1) is 0 Å². The number of aromatic nitrogens is 1. The van der Waals surface area contributed by atoms with Crippen molar-refractivity contribution in [2.24, 2.45) is 0 Å². The molecular formula is C18H25N3. The Balaban J connectivity index is 2.09. The molecule has 0 atom stereocenters. The van der Waals surface area contributed by atoms with Crippen molar-refractivity contribution in [2.45, 2.75) is 33.7 Å². The van der Waals surface area contributed by atoms with E-state index in [9.17, 15) is 0 Å². The van der Waals surface area contributed by atoms with Crippen LogP contribution in [0.25, 0.3) is 0 Å². The highest BCUT2D eigenvalue weighted by atomic mass is 15.2. The summed E-state index contributed by atoms with van der Waals surface area (Å²) >= 11 is 0. The topological polar surface area (TPSA) is 28.2 Å². The third-order valence-corrected chi connectivity index (χ3v) is 3.50. The quantitative estimate of drug-likeness (QED) is 0.777. The van der Waals surface area contributed by atoms with Crippen molar-refractivity contribution in [3.63, 3.8) is 0 Å². The lowest BCUT2D eigenvalue weighted by atomic mass is 10.2. The standard InChI is InChI=1S/C18H25N3/c1-4-12-19-13-16-8-11-18(20-14-16)21(5-2)17-9-6-15(3)7-10-17/h6-11,14,19H,4-5,12-13H2,1-3H3. The van der Waals surface area contributed by atoms with Crippen LogP contribution in [-0.4, -0.2) is 18.1 Å². The Morgan fingerprint density at radius 2 is 1.81 bits per heavy atom. The van der Waals surface area contributed by atoms with E-state index in [-0.39, 0.29) is 0 Å². The van der Waals surface area contributed by atoms with Gasteiger partial charge in [0.2, 0.25) is 0 Å². The molecular weight excluding hydrogens is 258 g/mol. The summed E-state index contributed by atoms with van der Waals surface area (Å²) in [5.74, 6) is 1.00. The van der Waals surface area contributed by atoms with E-state index in [0.29, 0.717) is 0 Å². The van der Waals surface area contributed by atoms with E-state index in [1.165, 1.54) is 16.8 Å². The zero-order valence-electron chi connectivity index (χ0n) is 13.3. The molecule has 112 valence electrons. The van der Waals surface area contributed by atoms with Gasteiger partial charge in [0.15, 0.2) is 0 Å². The van der Waals surface area contributed by atoms with Crippen LogP contribution in [0.1, 0.15) is 31.4 Å². The van der Waals surface area contributed by atoms with E-state index < -0.39 is 0 Å². The molecule has 0 fully saturated rings. The predicted molar refractivity (Wildman–Crippen MR) is 90.1 cm³/mol. The fourth-order valence-corrected chi connectivity index (χ4v) is 2.29. The van der Waals surface area contributed by atoms with E-state index in [2.05, 4.69) is 72.4 Å². The van der Waals surface area contributed by atoms with Gasteiger partial charge in [-0.1, -0.05) is 30.7 Å². The fourth-order valence-electron chi connectivity index (χ4n) is 2.29. The minimum atomic E-state index is 0.887. The summed E-state index contributed by atoms with van der Waals surface area (Å²) in [6, 6.07) is 12.8. The van der Waals surface area contributed by atoms with E-state index in [0.717, 1.165) is 31.9 Å². The SMILES string of the molecule is CCCNCc1ccc(N(CC)c2ccc(C)cc2)nc1. The van der Waals surface area contributed by atoms with Crippen LogP contribution in [-0.2, 0) is 6.54 Å². The van der Waals surface area contributed by atoms with Crippen molar-refractivity contribution in [3.8, 4) is 0 Å². The Kier molecular flexibility index (Phi) is 5.76. The largest absolute Gasteiger partial charge is 0.327 e. The summed E-state index contributed by atoms with van der Waals surface area (Å²) in [6.45, 7) is 9.27. The molecule has 0 amide bonds. The second kappa shape index (κ2) is 7.79. The number of nitrogens with zero attached hydrogens (tertiary/aromatic N) is 2. The monoisotopic (exact) mass is 283 g/mol. The third-order valence-electron chi connectivity index (χ3n) is 3.50. The maximum Gasteiger partial charge on any atom is 0.132 e. The van der Waals surface area contributed by atoms with Crippen LogP contribution in [0.15, 0.2) is 42.6 Å². The maximum atomic E-state index is 4.61. The van der Waals surface area contributed by atoms with Crippen molar-refractivity contribution in [2.75, 3.05) is 18.0 Å². The van der Waals surface area contributed by atoms with Crippen molar-refractivity contribution in [3.05, 3.63) is 53.7 Å². The van der Waals surface area contributed by atoms with Crippen molar-refractivity contribution in [1.29, 1.82) is 0 Å². The summed E-state index contributed by atoms with van der Waals surface area (Å²) in [5, 5.41) is 3.40. The van der Waals surface area contributed by atoms with Gasteiger partial charge in [-0.2, -0.15) is 0 Å². The van der Waals surface area contributed by atoms with Gasteiger partial charge in [0.05, 0.1) is 0 Å². The van der Waals surface area contributed by atoms with Gasteiger partial charge < -0.3 is 10.2 Å². The average molecular weight is 283 g/mol. The molecule has 0 aliphatic rings. The zero-order chi connectivity index (χ0) is 15.1. The van der Waals surface area contributed by atoms with Crippen molar-refractivity contribution >= 4 is 11.5 Å². The minimum absolute atomic E-state index is 0.887. The first-order chi connectivity index (χ1) is 10.2. The van der Waals surface area contributed by atoms with Gasteiger partial charge in [0, 0.05) is 25.0 Å². The first kappa shape index (κ1) is 15.5. The van der Waals surface area contributed by atoms with Crippen molar-refractivity contribution < 1.29 is 0 Å². The Morgan fingerprint density at radius 3 is 2.38 bits per heavy atom. The van der Waals surface area contributed by atoms with Gasteiger partial charge in [-0.25, -0.2) is 4.98 Å². The number of benzene rings is 1. The lowest BCUT2D eigenvalue weighted by molar-refractivity contribution is 0.674. The van der Waals surface area contributed by atoms with Gasteiger partial charge in [-0.3, -0.25) is 0 Å². The first-order valence-corrected chi connectivity index (χ1v) is 7.74. The summed E-state index contributed by atoms with van der Waals surface area (Å²) in [5.41, 5.74) is 3.69. The normalized spacial score (nSPS) is 10.6. The lowest BCUT2D eigenvalue weighted by Gasteiger charge is -2.22. The molecule has 3 heteroatoms. The highest BCUT2D eigenvalue weighted by molar-refractivity contribution is 5.60. The van der Waals surface area contributed by atoms with E-state index in [4.69, 9.17) is 0 Å². The van der Waals surface area contributed by atoms with Gasteiger partial charge in [-0.05, 0) is 50.6 Å². The second-order valence-corrected chi connectivity index (χ2v) is 5.28. The molecule has 0 aliphatic heterocycles. The van der Waals surface area contributed by atoms with Crippen LogP contribution < -0.4 is 10.2 Å². The van der Waals surface area contributed by atoms with Crippen LogP contribution in [0.5, 0.6) is 0 Å². The number of anilines is 2. The van der Waals surface area contributed by atoms with Gasteiger partial charge >= 0.3 is 0 Å². The smallest absolute Gasteiger partial charge is 0.132 e. The molecule has 2 aromatic rings. The van der Waals surface area contributed by atoms with Crippen LogP contribution in [0.2, 0.25) is 0 Å². The number of pyridine rings is 1. The Bertz CT molecular complexity index is 531. The molecule has 1 heterocycles. The fraction of sp³-hybridized carbons (Fsp3) is 0.389. The number of hydrogen-bond donors (Lipinski definition) is 1. The molecule has 0 bridgehead atoms. The molecule has 2 rings (SSSR count). The summed E-state index contributed by atoms with van der Waals surface area (Å²) in [6.07, 6.45) is 3.12. The van der Waals surface area contributed by atoms with Crippen molar-refractivity contribution in [1.82, 2.24) is 10.3 Å². The maximum absolute atomic E-state index is 4.61. The van der Waals surface area contributed by atoms with Gasteiger partial charge in [0.1, 0.15) is 5.82 Å². The zero-order valence-corrected chi connectivity index (χ0v) is 13.3. The Hall–Kier alpha value is -1.87. The number of rotatable bonds is 7. The van der Waals surface area contributed by atoms with Crippen LogP contribution in [0.3, 0.4) is 0 Å². The molecule has 0 unspecified atom stereocenters. The summed E-state index contributed by atoms with van der Waals surface area (Å²) < 4.78 is 0. The van der Waals surface area contributed by atoms with Crippen LogP contribution >= 0.6 is 0 Å². The number of hydrogen-bond acceptors (Lipinski definition) is 3.